The molecule has 1 heterocycles. The molecule has 1 saturated heterocycles. The molecule has 1 N–H and O–H groups in total. The number of likely N-dealkylation sites (tertiary alicyclic amines) is 1. The zero-order valence-corrected chi connectivity index (χ0v) is 13.7. The number of carbonyl (C=O) groups excluding carboxylic acids is 2. The summed E-state index contributed by atoms with van der Waals surface area (Å²) in [5, 5.41) is 9.24. The van der Waals surface area contributed by atoms with E-state index < -0.39 is 35.5 Å². The van der Waals surface area contributed by atoms with Gasteiger partial charge in [0.15, 0.2) is 0 Å². The van der Waals surface area contributed by atoms with Gasteiger partial charge in [0.25, 0.3) is 0 Å². The van der Waals surface area contributed by atoms with E-state index in [1.807, 2.05) is 25.1 Å². The Bertz CT molecular complexity index is 647. The highest BCUT2D eigenvalue weighted by molar-refractivity contribution is 6.05. The Morgan fingerprint density at radius 2 is 1.96 bits per heavy atom. The van der Waals surface area contributed by atoms with Gasteiger partial charge >= 0.3 is 12.1 Å². The zero-order valence-electron chi connectivity index (χ0n) is 13.7. The fraction of sp³-hybridized carbons (Fsp3) is 0.471. The fourth-order valence-corrected chi connectivity index (χ4v) is 2.65. The summed E-state index contributed by atoms with van der Waals surface area (Å²) in [5.74, 6) is -3.18. The molecule has 0 aromatic heterocycles. The second-order valence-corrected chi connectivity index (χ2v) is 6.75. The molecule has 0 spiro atoms. The minimum Gasteiger partial charge on any atom is -0.481 e. The van der Waals surface area contributed by atoms with Gasteiger partial charge in [0.05, 0.1) is 6.04 Å². The first-order valence-electron chi connectivity index (χ1n) is 7.45. The maximum atomic E-state index is 12.4. The summed E-state index contributed by atoms with van der Waals surface area (Å²) >= 11 is 0. The molecule has 6 nitrogen and oxygen atoms in total. The molecule has 23 heavy (non-hydrogen) atoms. The number of amides is 2. The number of hydrogen-bond donors (Lipinski definition) is 1. The van der Waals surface area contributed by atoms with Gasteiger partial charge < -0.3 is 9.84 Å². The number of ether oxygens (including phenoxy) is 1. The van der Waals surface area contributed by atoms with E-state index in [0.29, 0.717) is 0 Å². The Kier molecular flexibility index (Phi) is 4.45. The van der Waals surface area contributed by atoms with E-state index in [9.17, 15) is 19.5 Å². The first kappa shape index (κ1) is 17.0. The van der Waals surface area contributed by atoms with E-state index in [-0.39, 0.29) is 6.42 Å². The van der Waals surface area contributed by atoms with Crippen molar-refractivity contribution in [3.05, 3.63) is 35.4 Å². The van der Waals surface area contributed by atoms with E-state index >= 15 is 0 Å². The molecule has 2 rings (SSSR count). The van der Waals surface area contributed by atoms with Crippen LogP contribution in [0.4, 0.5) is 4.79 Å². The lowest BCUT2D eigenvalue weighted by molar-refractivity contribution is -0.147. The Hall–Kier alpha value is -2.37. The standard InChI is InChI=1S/C17H21NO5/c1-10-6-5-7-11(8-10)13-9-12(15(20)21)14(19)18(13)16(22)23-17(2,3)4/h5-8,12-13H,9H2,1-4H3,(H,20,21)/t12?,13-/m1/s1. The molecule has 2 amide bonds. The molecule has 124 valence electrons. The van der Waals surface area contributed by atoms with E-state index in [0.717, 1.165) is 16.0 Å². The lowest BCUT2D eigenvalue weighted by Crippen LogP contribution is -2.40. The number of hydrogen-bond acceptors (Lipinski definition) is 4. The number of rotatable bonds is 2. The summed E-state index contributed by atoms with van der Waals surface area (Å²) in [6.45, 7) is 6.98. The lowest BCUT2D eigenvalue weighted by atomic mass is 9.98. The average Bonchev–Trinajstić information content (AvgIpc) is 2.74. The van der Waals surface area contributed by atoms with E-state index in [2.05, 4.69) is 0 Å². The highest BCUT2D eigenvalue weighted by Crippen LogP contribution is 2.37. The van der Waals surface area contributed by atoms with Gasteiger partial charge in [0.1, 0.15) is 11.5 Å². The highest BCUT2D eigenvalue weighted by Gasteiger charge is 2.48. The second kappa shape index (κ2) is 6.02. The van der Waals surface area contributed by atoms with Gasteiger partial charge in [0.2, 0.25) is 5.91 Å². The van der Waals surface area contributed by atoms with Gasteiger partial charge in [-0.25, -0.2) is 9.69 Å². The Morgan fingerprint density at radius 3 is 2.48 bits per heavy atom. The summed E-state index contributed by atoms with van der Waals surface area (Å²) in [4.78, 5) is 37.0. The number of imide groups is 1. The molecule has 0 bridgehead atoms. The smallest absolute Gasteiger partial charge is 0.417 e. The molecule has 6 heteroatoms. The summed E-state index contributed by atoms with van der Waals surface area (Å²) in [7, 11) is 0. The van der Waals surface area contributed by atoms with Gasteiger partial charge in [-0.05, 0) is 39.7 Å². The normalized spacial score (nSPS) is 21.4. The lowest BCUT2D eigenvalue weighted by Gasteiger charge is -2.27. The third kappa shape index (κ3) is 3.70. The van der Waals surface area contributed by atoms with Crippen LogP contribution >= 0.6 is 0 Å². The van der Waals surface area contributed by atoms with Crippen molar-refractivity contribution in [2.75, 3.05) is 0 Å². The van der Waals surface area contributed by atoms with Crippen LogP contribution in [0.5, 0.6) is 0 Å². The minimum absolute atomic E-state index is 0.0524. The van der Waals surface area contributed by atoms with Crippen LogP contribution in [0.2, 0.25) is 0 Å². The van der Waals surface area contributed by atoms with Crippen molar-refractivity contribution in [1.29, 1.82) is 0 Å². The molecule has 1 aliphatic rings. The number of carbonyl (C=O) groups is 3. The molecule has 1 aromatic rings. The topological polar surface area (TPSA) is 83.9 Å². The molecule has 1 unspecified atom stereocenters. The van der Waals surface area contributed by atoms with Crippen molar-refractivity contribution >= 4 is 18.0 Å². The van der Waals surface area contributed by atoms with Gasteiger partial charge in [0, 0.05) is 0 Å². The third-order valence-electron chi connectivity index (χ3n) is 3.62. The van der Waals surface area contributed by atoms with Crippen LogP contribution in [0.3, 0.4) is 0 Å². The molecule has 1 fully saturated rings. The van der Waals surface area contributed by atoms with Crippen LogP contribution in [0, 0.1) is 12.8 Å². The number of aryl methyl sites for hydroxylation is 1. The molecule has 2 atom stereocenters. The van der Waals surface area contributed by atoms with Crippen LogP contribution in [-0.2, 0) is 14.3 Å². The SMILES string of the molecule is Cc1cccc([C@H]2CC(C(=O)O)C(=O)N2C(=O)OC(C)(C)C)c1. The van der Waals surface area contributed by atoms with Gasteiger partial charge in [-0.15, -0.1) is 0 Å². The maximum Gasteiger partial charge on any atom is 0.417 e. The van der Waals surface area contributed by atoms with E-state index in [1.54, 1.807) is 26.8 Å². The monoisotopic (exact) mass is 319 g/mol. The van der Waals surface area contributed by atoms with Crippen LogP contribution in [0.1, 0.15) is 44.4 Å². The molecular formula is C17H21NO5. The number of benzene rings is 1. The maximum absolute atomic E-state index is 12.4. The predicted molar refractivity (Wildman–Crippen MR) is 82.7 cm³/mol. The van der Waals surface area contributed by atoms with Gasteiger partial charge in [-0.3, -0.25) is 9.59 Å². The predicted octanol–water partition coefficient (Wildman–Crippen LogP) is 2.90. The Labute approximate surface area is 135 Å². The highest BCUT2D eigenvalue weighted by atomic mass is 16.6. The molecular weight excluding hydrogens is 298 g/mol. The summed E-state index contributed by atoms with van der Waals surface area (Å²) in [5.41, 5.74) is 0.932. The molecule has 0 saturated carbocycles. The van der Waals surface area contributed by atoms with E-state index in [1.165, 1.54) is 0 Å². The van der Waals surface area contributed by atoms with Gasteiger partial charge in [-0.1, -0.05) is 29.8 Å². The fourth-order valence-electron chi connectivity index (χ4n) is 2.65. The van der Waals surface area contributed by atoms with Crippen molar-refractivity contribution in [3.63, 3.8) is 0 Å². The van der Waals surface area contributed by atoms with Crippen LogP contribution < -0.4 is 0 Å². The van der Waals surface area contributed by atoms with Crippen LogP contribution in [0.15, 0.2) is 24.3 Å². The Morgan fingerprint density at radius 1 is 1.30 bits per heavy atom. The number of carboxylic acid groups (broad SMARTS) is 1. The molecule has 1 aromatic carbocycles. The van der Waals surface area contributed by atoms with Crippen LogP contribution in [0.25, 0.3) is 0 Å². The molecule has 0 aliphatic carbocycles. The minimum atomic E-state index is -1.23. The van der Waals surface area contributed by atoms with Crippen molar-refractivity contribution in [3.8, 4) is 0 Å². The first-order chi connectivity index (χ1) is 10.6. The largest absolute Gasteiger partial charge is 0.481 e. The van der Waals surface area contributed by atoms with E-state index in [4.69, 9.17) is 4.74 Å². The van der Waals surface area contributed by atoms with Crippen molar-refractivity contribution < 1.29 is 24.2 Å². The molecule has 1 aliphatic heterocycles. The summed E-state index contributed by atoms with van der Waals surface area (Å²) < 4.78 is 5.28. The number of aliphatic carboxylic acids is 1. The van der Waals surface area contributed by atoms with Gasteiger partial charge in [-0.2, -0.15) is 0 Å². The first-order valence-corrected chi connectivity index (χ1v) is 7.45. The molecule has 0 radical (unpaired) electrons. The quantitative estimate of drug-likeness (QED) is 0.847. The third-order valence-corrected chi connectivity index (χ3v) is 3.62. The zero-order chi connectivity index (χ0) is 17.4. The number of nitrogens with zero attached hydrogens (tertiary/aromatic N) is 1. The number of carboxylic acids is 1. The second-order valence-electron chi connectivity index (χ2n) is 6.75. The van der Waals surface area contributed by atoms with Crippen LogP contribution in [-0.4, -0.2) is 33.6 Å². The van der Waals surface area contributed by atoms with Crippen molar-refractivity contribution in [1.82, 2.24) is 4.90 Å². The Balaban J connectivity index is 2.39. The average molecular weight is 319 g/mol. The summed E-state index contributed by atoms with van der Waals surface area (Å²) in [6.07, 6.45) is -0.755. The van der Waals surface area contributed by atoms with Crippen molar-refractivity contribution in [2.45, 2.75) is 45.8 Å². The van der Waals surface area contributed by atoms with Crippen molar-refractivity contribution in [2.24, 2.45) is 5.92 Å². The summed E-state index contributed by atoms with van der Waals surface area (Å²) in [6, 6.07) is 6.72.